The summed E-state index contributed by atoms with van der Waals surface area (Å²) in [4.78, 5) is 11.7. The third-order valence-electron chi connectivity index (χ3n) is 2.48. The summed E-state index contributed by atoms with van der Waals surface area (Å²) in [5, 5.41) is 2.90. The number of rotatable bonds is 7. The highest BCUT2D eigenvalue weighted by Gasteiger charge is 2.11. The van der Waals surface area contributed by atoms with Crippen molar-refractivity contribution >= 4 is 23.4 Å². The van der Waals surface area contributed by atoms with Gasteiger partial charge in [0, 0.05) is 17.0 Å². The molecule has 0 aliphatic heterocycles. The molecule has 19 heavy (non-hydrogen) atoms. The molecular formula is C15H24N2OS. The first-order chi connectivity index (χ1) is 8.90. The van der Waals surface area contributed by atoms with E-state index in [2.05, 4.69) is 24.4 Å². The number of carbonyl (C=O) groups excluding carboxylic acids is 1. The number of anilines is 1. The van der Waals surface area contributed by atoms with Gasteiger partial charge in [0.2, 0.25) is 5.91 Å². The predicted octanol–water partition coefficient (Wildman–Crippen LogP) is 3.05. The smallest absolute Gasteiger partial charge is 0.234 e. The lowest BCUT2D eigenvalue weighted by Crippen LogP contribution is -2.35. The molecule has 106 valence electrons. The van der Waals surface area contributed by atoms with Crippen LogP contribution in [0.25, 0.3) is 0 Å². The summed E-state index contributed by atoms with van der Waals surface area (Å²) in [5.41, 5.74) is 7.80. The Labute approximate surface area is 120 Å². The normalized spacial score (nSPS) is 11.4. The summed E-state index contributed by atoms with van der Waals surface area (Å²) in [6, 6.07) is 8.05. The molecule has 4 heteroatoms. The highest BCUT2D eigenvalue weighted by Crippen LogP contribution is 2.13. The Morgan fingerprint density at radius 3 is 2.47 bits per heavy atom. The molecule has 0 bridgehead atoms. The highest BCUT2D eigenvalue weighted by atomic mass is 32.2. The lowest BCUT2D eigenvalue weighted by atomic mass is 10.1. The summed E-state index contributed by atoms with van der Waals surface area (Å²) in [6.45, 7) is 6.08. The number of benzene rings is 1. The maximum atomic E-state index is 11.7. The first kappa shape index (κ1) is 16.1. The van der Waals surface area contributed by atoms with Gasteiger partial charge in [0.15, 0.2) is 0 Å². The van der Waals surface area contributed by atoms with E-state index in [4.69, 9.17) is 5.73 Å². The van der Waals surface area contributed by atoms with Crippen LogP contribution in [-0.4, -0.2) is 23.0 Å². The van der Waals surface area contributed by atoms with E-state index in [1.165, 1.54) is 5.56 Å². The largest absolute Gasteiger partial charge is 0.325 e. The Morgan fingerprint density at radius 2 is 1.95 bits per heavy atom. The second-order valence-corrected chi connectivity index (χ2v) is 6.46. The molecule has 1 rings (SSSR count). The van der Waals surface area contributed by atoms with Gasteiger partial charge in [0.25, 0.3) is 0 Å². The Hall–Kier alpha value is -1.00. The Balaban J connectivity index is 2.35. The van der Waals surface area contributed by atoms with Crippen molar-refractivity contribution in [3.8, 4) is 0 Å². The minimum Gasteiger partial charge on any atom is -0.325 e. The zero-order chi connectivity index (χ0) is 14.3. The maximum absolute atomic E-state index is 11.7. The molecule has 0 atom stereocenters. The predicted molar refractivity (Wildman–Crippen MR) is 84.7 cm³/mol. The Kier molecular flexibility index (Phi) is 6.38. The van der Waals surface area contributed by atoms with E-state index < -0.39 is 0 Å². The molecule has 0 saturated heterocycles. The van der Waals surface area contributed by atoms with Gasteiger partial charge in [-0.25, -0.2) is 0 Å². The van der Waals surface area contributed by atoms with Gasteiger partial charge in [0.05, 0.1) is 5.75 Å². The molecule has 3 N–H and O–H groups in total. The van der Waals surface area contributed by atoms with Crippen molar-refractivity contribution in [2.45, 2.75) is 39.2 Å². The fourth-order valence-electron chi connectivity index (χ4n) is 1.65. The highest BCUT2D eigenvalue weighted by molar-refractivity contribution is 8.00. The van der Waals surface area contributed by atoms with Crippen LogP contribution in [-0.2, 0) is 11.2 Å². The molecular weight excluding hydrogens is 256 g/mol. The third kappa shape index (κ3) is 7.23. The second kappa shape index (κ2) is 7.56. The summed E-state index contributed by atoms with van der Waals surface area (Å²) in [5.74, 6) is 1.24. The monoisotopic (exact) mass is 280 g/mol. The molecule has 1 aromatic carbocycles. The lowest BCUT2D eigenvalue weighted by molar-refractivity contribution is -0.113. The number of thioether (sulfide) groups is 1. The molecule has 1 amide bonds. The minimum atomic E-state index is -0.229. The molecule has 0 unspecified atom stereocenters. The molecule has 0 fully saturated rings. The first-order valence-corrected chi connectivity index (χ1v) is 7.81. The fourth-order valence-corrected chi connectivity index (χ4v) is 2.53. The van der Waals surface area contributed by atoms with Gasteiger partial charge in [-0.15, -0.1) is 0 Å². The maximum Gasteiger partial charge on any atom is 0.234 e. The van der Waals surface area contributed by atoms with E-state index in [9.17, 15) is 4.79 Å². The van der Waals surface area contributed by atoms with Crippen molar-refractivity contribution in [3.05, 3.63) is 29.8 Å². The van der Waals surface area contributed by atoms with E-state index in [0.717, 1.165) is 24.3 Å². The SMILES string of the molecule is CCCc1ccc(NC(=O)CSCC(C)(C)N)cc1. The number of hydrogen-bond acceptors (Lipinski definition) is 3. The van der Waals surface area contributed by atoms with Crippen LogP contribution in [0.15, 0.2) is 24.3 Å². The van der Waals surface area contributed by atoms with Crippen LogP contribution < -0.4 is 11.1 Å². The lowest BCUT2D eigenvalue weighted by Gasteiger charge is -2.17. The number of hydrogen-bond donors (Lipinski definition) is 2. The van der Waals surface area contributed by atoms with Gasteiger partial charge in [-0.3, -0.25) is 4.79 Å². The van der Waals surface area contributed by atoms with E-state index in [-0.39, 0.29) is 11.4 Å². The van der Waals surface area contributed by atoms with Crippen LogP contribution in [0, 0.1) is 0 Å². The average Bonchev–Trinajstić information content (AvgIpc) is 2.30. The summed E-state index contributed by atoms with van der Waals surface area (Å²) in [7, 11) is 0. The minimum absolute atomic E-state index is 0.0255. The van der Waals surface area contributed by atoms with Gasteiger partial charge in [0.1, 0.15) is 0 Å². The van der Waals surface area contributed by atoms with E-state index in [1.807, 2.05) is 26.0 Å². The van der Waals surface area contributed by atoms with Crippen LogP contribution in [0.4, 0.5) is 5.69 Å². The van der Waals surface area contributed by atoms with Crippen LogP contribution in [0.5, 0.6) is 0 Å². The number of amides is 1. The molecule has 0 aliphatic carbocycles. The topological polar surface area (TPSA) is 55.1 Å². The van der Waals surface area contributed by atoms with E-state index in [1.54, 1.807) is 11.8 Å². The number of nitrogens with one attached hydrogen (secondary N) is 1. The van der Waals surface area contributed by atoms with Crippen LogP contribution >= 0.6 is 11.8 Å². The zero-order valence-electron chi connectivity index (χ0n) is 12.0. The molecule has 0 saturated carbocycles. The molecule has 0 radical (unpaired) electrons. The summed E-state index contributed by atoms with van der Waals surface area (Å²) >= 11 is 1.56. The molecule has 0 spiro atoms. The van der Waals surface area contributed by atoms with Crippen molar-refractivity contribution in [1.82, 2.24) is 0 Å². The molecule has 3 nitrogen and oxygen atoms in total. The Bertz CT molecular complexity index is 396. The molecule has 1 aromatic rings. The van der Waals surface area contributed by atoms with Crippen LogP contribution in [0.2, 0.25) is 0 Å². The van der Waals surface area contributed by atoms with Gasteiger partial charge in [-0.1, -0.05) is 25.5 Å². The van der Waals surface area contributed by atoms with E-state index >= 15 is 0 Å². The number of nitrogens with two attached hydrogens (primary N) is 1. The van der Waals surface area contributed by atoms with Crippen molar-refractivity contribution in [1.29, 1.82) is 0 Å². The average molecular weight is 280 g/mol. The molecule has 0 heterocycles. The molecule has 0 aliphatic rings. The van der Waals surface area contributed by atoms with Gasteiger partial charge >= 0.3 is 0 Å². The van der Waals surface area contributed by atoms with Crippen LogP contribution in [0.1, 0.15) is 32.8 Å². The zero-order valence-corrected chi connectivity index (χ0v) is 12.8. The molecule has 0 aromatic heterocycles. The van der Waals surface area contributed by atoms with Crippen molar-refractivity contribution < 1.29 is 4.79 Å². The van der Waals surface area contributed by atoms with Crippen LogP contribution in [0.3, 0.4) is 0 Å². The van der Waals surface area contributed by atoms with Crippen molar-refractivity contribution in [2.75, 3.05) is 16.8 Å². The summed E-state index contributed by atoms with van der Waals surface area (Å²) in [6.07, 6.45) is 2.22. The van der Waals surface area contributed by atoms with Gasteiger partial charge < -0.3 is 11.1 Å². The Morgan fingerprint density at radius 1 is 1.32 bits per heavy atom. The third-order valence-corrected chi connectivity index (χ3v) is 3.90. The summed E-state index contributed by atoms with van der Waals surface area (Å²) < 4.78 is 0. The standard InChI is InChI=1S/C15H24N2OS/c1-4-5-12-6-8-13(9-7-12)17-14(18)10-19-11-15(2,3)16/h6-9H,4-5,10-11,16H2,1-3H3,(H,17,18). The van der Waals surface area contributed by atoms with E-state index in [0.29, 0.717) is 5.75 Å². The number of carbonyl (C=O) groups is 1. The van der Waals surface area contributed by atoms with Crippen molar-refractivity contribution in [2.24, 2.45) is 5.73 Å². The first-order valence-electron chi connectivity index (χ1n) is 6.66. The fraction of sp³-hybridized carbons (Fsp3) is 0.533. The van der Waals surface area contributed by atoms with Gasteiger partial charge in [-0.05, 0) is 38.0 Å². The second-order valence-electron chi connectivity index (χ2n) is 5.48. The van der Waals surface area contributed by atoms with Crippen molar-refractivity contribution in [3.63, 3.8) is 0 Å². The quantitative estimate of drug-likeness (QED) is 0.807. The number of aryl methyl sites for hydroxylation is 1. The van der Waals surface area contributed by atoms with Gasteiger partial charge in [-0.2, -0.15) is 11.8 Å².